The number of esters is 1. The van der Waals surface area contributed by atoms with E-state index >= 15 is 0 Å². The van der Waals surface area contributed by atoms with Crippen LogP contribution >= 0.6 is 0 Å². The topological polar surface area (TPSA) is 26.3 Å². The van der Waals surface area contributed by atoms with Crippen LogP contribution in [0.25, 0.3) is 0 Å². The molecule has 94 valence electrons. The normalized spacial score (nSPS) is 11.3. The van der Waals surface area contributed by atoms with Crippen molar-refractivity contribution in [3.8, 4) is 12.3 Å². The molecule has 1 atom stereocenters. The van der Waals surface area contributed by atoms with Crippen molar-refractivity contribution in [2.75, 3.05) is 6.61 Å². The zero-order valence-electron chi connectivity index (χ0n) is 10.5. The average molecular weight is 250 g/mol. The molecule has 0 saturated carbocycles. The highest BCUT2D eigenvalue weighted by molar-refractivity contribution is 5.89. The fraction of sp³-hybridized carbons (Fsp3) is 0.118. The average Bonchev–Trinajstić information content (AvgIpc) is 2.49. The SMILES string of the molecule is C#CC(COC(=O)c1ccccc1)c1ccccc1. The second-order valence-corrected chi connectivity index (χ2v) is 4.09. The van der Waals surface area contributed by atoms with Crippen LogP contribution in [-0.2, 0) is 4.74 Å². The Balaban J connectivity index is 1.98. The summed E-state index contributed by atoms with van der Waals surface area (Å²) in [6, 6.07) is 18.5. The van der Waals surface area contributed by atoms with Gasteiger partial charge >= 0.3 is 5.97 Å². The Morgan fingerprint density at radius 3 is 2.21 bits per heavy atom. The number of hydrogen-bond acceptors (Lipinski definition) is 2. The fourth-order valence-electron chi connectivity index (χ4n) is 1.74. The van der Waals surface area contributed by atoms with Crippen LogP contribution in [0.5, 0.6) is 0 Å². The molecule has 0 N–H and O–H groups in total. The van der Waals surface area contributed by atoms with Gasteiger partial charge in [-0.25, -0.2) is 4.79 Å². The van der Waals surface area contributed by atoms with Crippen molar-refractivity contribution in [2.45, 2.75) is 5.92 Å². The van der Waals surface area contributed by atoms with Crippen LogP contribution in [0.15, 0.2) is 60.7 Å². The van der Waals surface area contributed by atoms with E-state index in [1.807, 2.05) is 36.4 Å². The largest absolute Gasteiger partial charge is 0.460 e. The molecular formula is C17H14O2. The highest BCUT2D eigenvalue weighted by Crippen LogP contribution is 2.15. The standard InChI is InChI=1S/C17H14O2/c1-2-14(15-9-5-3-6-10-15)13-19-17(18)16-11-7-4-8-12-16/h1,3-12,14H,13H2. The maximum Gasteiger partial charge on any atom is 0.338 e. The minimum absolute atomic E-state index is 0.189. The van der Waals surface area contributed by atoms with Gasteiger partial charge < -0.3 is 4.74 Å². The summed E-state index contributed by atoms with van der Waals surface area (Å²) in [5.74, 6) is 2.08. The quantitative estimate of drug-likeness (QED) is 0.615. The van der Waals surface area contributed by atoms with E-state index in [1.54, 1.807) is 24.3 Å². The van der Waals surface area contributed by atoms with Gasteiger partial charge in [-0.2, -0.15) is 0 Å². The molecule has 0 spiro atoms. The third-order valence-corrected chi connectivity index (χ3v) is 2.79. The number of benzene rings is 2. The van der Waals surface area contributed by atoms with Gasteiger partial charge in [-0.3, -0.25) is 0 Å². The predicted octanol–water partition coefficient (Wildman–Crippen LogP) is 3.26. The van der Waals surface area contributed by atoms with Crippen molar-refractivity contribution < 1.29 is 9.53 Å². The zero-order chi connectivity index (χ0) is 13.5. The molecule has 0 saturated heterocycles. The Hall–Kier alpha value is -2.53. The molecule has 2 nitrogen and oxygen atoms in total. The molecule has 0 aliphatic carbocycles. The first-order valence-electron chi connectivity index (χ1n) is 6.04. The minimum atomic E-state index is -0.350. The molecule has 2 heteroatoms. The van der Waals surface area contributed by atoms with Gasteiger partial charge in [-0.1, -0.05) is 54.5 Å². The molecule has 0 aliphatic rings. The monoisotopic (exact) mass is 250 g/mol. The summed E-state index contributed by atoms with van der Waals surface area (Å²) in [4.78, 5) is 11.8. The lowest BCUT2D eigenvalue weighted by molar-refractivity contribution is 0.0497. The number of carbonyl (C=O) groups excluding carboxylic acids is 1. The van der Waals surface area contributed by atoms with Crippen LogP contribution in [0.3, 0.4) is 0 Å². The predicted molar refractivity (Wildman–Crippen MR) is 74.7 cm³/mol. The van der Waals surface area contributed by atoms with Gasteiger partial charge in [0.05, 0.1) is 11.5 Å². The van der Waals surface area contributed by atoms with E-state index in [4.69, 9.17) is 11.2 Å². The molecule has 19 heavy (non-hydrogen) atoms. The number of hydrogen-bond donors (Lipinski definition) is 0. The van der Waals surface area contributed by atoms with E-state index < -0.39 is 0 Å². The molecular weight excluding hydrogens is 236 g/mol. The summed E-state index contributed by atoms with van der Waals surface area (Å²) in [5, 5.41) is 0. The van der Waals surface area contributed by atoms with E-state index in [1.165, 1.54) is 0 Å². The van der Waals surface area contributed by atoms with Gasteiger partial charge in [0.2, 0.25) is 0 Å². The van der Waals surface area contributed by atoms with Crippen molar-refractivity contribution >= 4 is 5.97 Å². The maximum absolute atomic E-state index is 11.8. The minimum Gasteiger partial charge on any atom is -0.460 e. The smallest absolute Gasteiger partial charge is 0.338 e. The van der Waals surface area contributed by atoms with E-state index in [0.717, 1.165) is 5.56 Å². The third-order valence-electron chi connectivity index (χ3n) is 2.79. The third kappa shape index (κ3) is 3.46. The molecule has 0 fully saturated rings. The molecule has 0 radical (unpaired) electrons. The van der Waals surface area contributed by atoms with E-state index in [2.05, 4.69) is 5.92 Å². The van der Waals surface area contributed by atoms with Gasteiger partial charge in [0.15, 0.2) is 0 Å². The molecule has 2 aromatic carbocycles. The zero-order valence-corrected chi connectivity index (χ0v) is 10.5. The lowest BCUT2D eigenvalue weighted by atomic mass is 10.0. The molecule has 0 bridgehead atoms. The van der Waals surface area contributed by atoms with Crippen LogP contribution in [-0.4, -0.2) is 12.6 Å². The molecule has 1 unspecified atom stereocenters. The Bertz CT molecular complexity index is 567. The summed E-state index contributed by atoms with van der Waals surface area (Å²) >= 11 is 0. The maximum atomic E-state index is 11.8. The number of rotatable bonds is 4. The van der Waals surface area contributed by atoms with Crippen molar-refractivity contribution in [2.24, 2.45) is 0 Å². The van der Waals surface area contributed by atoms with Gasteiger partial charge in [-0.05, 0) is 17.7 Å². The van der Waals surface area contributed by atoms with Crippen molar-refractivity contribution in [1.29, 1.82) is 0 Å². The second-order valence-electron chi connectivity index (χ2n) is 4.09. The first kappa shape index (κ1) is 12.9. The van der Waals surface area contributed by atoms with Crippen LogP contribution < -0.4 is 0 Å². The van der Waals surface area contributed by atoms with E-state index in [-0.39, 0.29) is 18.5 Å². The van der Waals surface area contributed by atoms with E-state index in [0.29, 0.717) is 5.56 Å². The Morgan fingerprint density at radius 1 is 1.05 bits per heavy atom. The van der Waals surface area contributed by atoms with Gasteiger partial charge in [0.25, 0.3) is 0 Å². The van der Waals surface area contributed by atoms with Crippen LogP contribution in [0.2, 0.25) is 0 Å². The second kappa shape index (κ2) is 6.42. The Kier molecular flexibility index (Phi) is 4.36. The number of carbonyl (C=O) groups is 1. The summed E-state index contributed by atoms with van der Waals surface area (Å²) < 4.78 is 5.25. The Labute approximate surface area is 113 Å². The molecule has 0 heterocycles. The first-order chi connectivity index (χ1) is 9.31. The molecule has 2 aromatic rings. The van der Waals surface area contributed by atoms with Gasteiger partial charge in [0.1, 0.15) is 6.61 Å². The first-order valence-corrected chi connectivity index (χ1v) is 6.04. The number of ether oxygens (including phenoxy) is 1. The molecule has 0 amide bonds. The summed E-state index contributed by atoms with van der Waals surface area (Å²) in [7, 11) is 0. The summed E-state index contributed by atoms with van der Waals surface area (Å²) in [5.41, 5.74) is 1.51. The fourth-order valence-corrected chi connectivity index (χ4v) is 1.74. The highest BCUT2D eigenvalue weighted by atomic mass is 16.5. The summed E-state index contributed by atoms with van der Waals surface area (Å²) in [6.45, 7) is 0.189. The van der Waals surface area contributed by atoms with E-state index in [9.17, 15) is 4.79 Å². The van der Waals surface area contributed by atoms with Crippen molar-refractivity contribution in [3.63, 3.8) is 0 Å². The molecule has 0 aromatic heterocycles. The molecule has 0 aliphatic heterocycles. The molecule has 2 rings (SSSR count). The highest BCUT2D eigenvalue weighted by Gasteiger charge is 2.12. The van der Waals surface area contributed by atoms with Gasteiger partial charge in [-0.15, -0.1) is 6.42 Å². The van der Waals surface area contributed by atoms with Crippen molar-refractivity contribution in [3.05, 3.63) is 71.8 Å². The van der Waals surface area contributed by atoms with Crippen LogP contribution in [0.1, 0.15) is 21.8 Å². The lowest BCUT2D eigenvalue weighted by Crippen LogP contribution is -2.12. The lowest BCUT2D eigenvalue weighted by Gasteiger charge is -2.11. The summed E-state index contributed by atoms with van der Waals surface area (Å²) in [6.07, 6.45) is 5.49. The number of terminal acetylenes is 1. The Morgan fingerprint density at radius 2 is 1.63 bits per heavy atom. The van der Waals surface area contributed by atoms with Crippen LogP contribution in [0.4, 0.5) is 0 Å². The van der Waals surface area contributed by atoms with Crippen LogP contribution in [0, 0.1) is 12.3 Å². The van der Waals surface area contributed by atoms with Gasteiger partial charge in [0, 0.05) is 0 Å². The van der Waals surface area contributed by atoms with Crippen molar-refractivity contribution in [1.82, 2.24) is 0 Å².